The van der Waals surface area contributed by atoms with E-state index in [9.17, 15) is 9.59 Å². The van der Waals surface area contributed by atoms with Crippen molar-refractivity contribution >= 4 is 45.0 Å². The Morgan fingerprint density at radius 2 is 1.74 bits per heavy atom. The lowest BCUT2D eigenvalue weighted by Gasteiger charge is -2.21. The average Bonchev–Trinajstić information content (AvgIpc) is 3.13. The van der Waals surface area contributed by atoms with E-state index in [1.165, 1.54) is 4.68 Å². The molecule has 0 saturated heterocycles. The standard InChI is InChI=1S/C27H23ClN4O2/c1-4-31(19-8-6-5-7-9-19)26(33)24-23-21-15-12-18(28)16-22(21)30(3)25(23)27(34)32(29-24)20-13-10-17(2)11-14-20/h5-16H,4H2,1-3H3. The van der Waals surface area contributed by atoms with Crippen molar-refractivity contribution in [1.29, 1.82) is 0 Å². The summed E-state index contributed by atoms with van der Waals surface area (Å²) >= 11 is 6.27. The van der Waals surface area contributed by atoms with Crippen LogP contribution in [0.1, 0.15) is 23.0 Å². The van der Waals surface area contributed by atoms with Gasteiger partial charge in [-0.25, -0.2) is 0 Å². The molecule has 0 aliphatic rings. The average molecular weight is 471 g/mol. The first-order valence-electron chi connectivity index (χ1n) is 11.1. The van der Waals surface area contributed by atoms with Crippen LogP contribution in [0.5, 0.6) is 0 Å². The highest BCUT2D eigenvalue weighted by Crippen LogP contribution is 2.31. The summed E-state index contributed by atoms with van der Waals surface area (Å²) in [6.45, 7) is 4.35. The summed E-state index contributed by atoms with van der Waals surface area (Å²) in [6.07, 6.45) is 0. The summed E-state index contributed by atoms with van der Waals surface area (Å²) in [6, 6.07) is 22.4. The van der Waals surface area contributed by atoms with Crippen LogP contribution in [-0.2, 0) is 7.05 Å². The molecule has 0 saturated carbocycles. The number of carbonyl (C=O) groups is 1. The Morgan fingerprint density at radius 1 is 1.03 bits per heavy atom. The number of aryl methyl sites for hydroxylation is 2. The van der Waals surface area contributed by atoms with Gasteiger partial charge < -0.3 is 9.47 Å². The van der Waals surface area contributed by atoms with Crippen LogP contribution in [0.2, 0.25) is 5.02 Å². The molecule has 170 valence electrons. The van der Waals surface area contributed by atoms with E-state index in [0.717, 1.165) is 22.2 Å². The maximum atomic E-state index is 14.0. The lowest BCUT2D eigenvalue weighted by molar-refractivity contribution is 0.0983. The molecule has 0 atom stereocenters. The predicted octanol–water partition coefficient (Wildman–Crippen LogP) is 5.51. The molecule has 3 aromatic carbocycles. The second-order valence-electron chi connectivity index (χ2n) is 8.23. The van der Waals surface area contributed by atoms with E-state index >= 15 is 0 Å². The van der Waals surface area contributed by atoms with Crippen molar-refractivity contribution in [3.05, 3.63) is 99.4 Å². The third kappa shape index (κ3) is 3.47. The van der Waals surface area contributed by atoms with Crippen molar-refractivity contribution in [3.63, 3.8) is 0 Å². The van der Waals surface area contributed by atoms with Crippen LogP contribution in [0.4, 0.5) is 5.69 Å². The van der Waals surface area contributed by atoms with Crippen molar-refractivity contribution in [2.45, 2.75) is 13.8 Å². The maximum Gasteiger partial charge on any atom is 0.296 e. The Hall–Kier alpha value is -3.90. The fraction of sp³-hybridized carbons (Fsp3) is 0.148. The van der Waals surface area contributed by atoms with Gasteiger partial charge in [0.2, 0.25) is 0 Å². The summed E-state index contributed by atoms with van der Waals surface area (Å²) in [4.78, 5) is 29.3. The monoisotopic (exact) mass is 470 g/mol. The third-order valence-electron chi connectivity index (χ3n) is 6.10. The molecule has 2 aromatic heterocycles. The zero-order valence-electron chi connectivity index (χ0n) is 19.1. The van der Waals surface area contributed by atoms with Gasteiger partial charge >= 0.3 is 0 Å². The summed E-state index contributed by atoms with van der Waals surface area (Å²) in [5.74, 6) is -0.276. The number of benzene rings is 3. The topological polar surface area (TPSA) is 60.1 Å². The van der Waals surface area contributed by atoms with Gasteiger partial charge in [-0.2, -0.15) is 9.78 Å². The molecule has 5 rings (SSSR count). The molecule has 0 bridgehead atoms. The molecule has 2 heterocycles. The van der Waals surface area contributed by atoms with Crippen LogP contribution in [0.25, 0.3) is 27.5 Å². The van der Waals surface area contributed by atoms with Crippen LogP contribution >= 0.6 is 11.6 Å². The summed E-state index contributed by atoms with van der Waals surface area (Å²) in [5.41, 5.74) is 3.51. The van der Waals surface area contributed by atoms with Crippen LogP contribution < -0.4 is 10.5 Å². The highest BCUT2D eigenvalue weighted by Gasteiger charge is 2.27. The van der Waals surface area contributed by atoms with E-state index in [4.69, 9.17) is 11.6 Å². The van der Waals surface area contributed by atoms with Crippen LogP contribution in [0.3, 0.4) is 0 Å². The number of aromatic nitrogens is 3. The predicted molar refractivity (Wildman–Crippen MR) is 137 cm³/mol. The highest BCUT2D eigenvalue weighted by atomic mass is 35.5. The normalized spacial score (nSPS) is 11.3. The van der Waals surface area contributed by atoms with Gasteiger partial charge in [-0.3, -0.25) is 9.59 Å². The number of para-hydroxylation sites is 1. The first kappa shape index (κ1) is 21.9. The van der Waals surface area contributed by atoms with Crippen LogP contribution in [0.15, 0.2) is 77.6 Å². The van der Waals surface area contributed by atoms with Gasteiger partial charge in [-0.1, -0.05) is 53.6 Å². The Kier molecular flexibility index (Phi) is 5.46. The number of carbonyl (C=O) groups excluding carboxylic acids is 1. The maximum absolute atomic E-state index is 14.0. The minimum atomic E-state index is -0.298. The van der Waals surface area contributed by atoms with Crippen LogP contribution in [-0.4, -0.2) is 26.8 Å². The third-order valence-corrected chi connectivity index (χ3v) is 6.34. The van der Waals surface area contributed by atoms with Crippen molar-refractivity contribution in [2.75, 3.05) is 11.4 Å². The quantitative estimate of drug-likeness (QED) is 0.348. The number of hydrogen-bond donors (Lipinski definition) is 0. The summed E-state index contributed by atoms with van der Waals surface area (Å²) in [7, 11) is 1.81. The zero-order valence-corrected chi connectivity index (χ0v) is 19.9. The van der Waals surface area contributed by atoms with Gasteiger partial charge in [0.05, 0.1) is 11.2 Å². The molecule has 0 spiro atoms. The largest absolute Gasteiger partial charge is 0.339 e. The second-order valence-corrected chi connectivity index (χ2v) is 8.67. The number of fused-ring (bicyclic) bond motifs is 3. The number of rotatable bonds is 4. The SMILES string of the molecule is CCN(C(=O)c1nn(-c2ccc(C)cc2)c(=O)c2c1c1ccc(Cl)cc1n2C)c1ccccc1. The first-order valence-corrected chi connectivity index (χ1v) is 11.4. The lowest BCUT2D eigenvalue weighted by Crippen LogP contribution is -2.34. The van der Waals surface area contributed by atoms with Crippen molar-refractivity contribution in [2.24, 2.45) is 7.05 Å². The van der Waals surface area contributed by atoms with Crippen molar-refractivity contribution < 1.29 is 4.79 Å². The van der Waals surface area contributed by atoms with Crippen LogP contribution in [0, 0.1) is 6.92 Å². The fourth-order valence-corrected chi connectivity index (χ4v) is 4.55. The van der Waals surface area contributed by atoms with Gasteiger partial charge in [-0.05, 0) is 50.2 Å². The molecule has 0 unspecified atom stereocenters. The van der Waals surface area contributed by atoms with Gasteiger partial charge in [0.15, 0.2) is 5.69 Å². The Labute approximate surface area is 201 Å². The van der Waals surface area contributed by atoms with E-state index < -0.39 is 0 Å². The smallest absolute Gasteiger partial charge is 0.296 e. The van der Waals surface area contributed by atoms with E-state index in [-0.39, 0.29) is 17.2 Å². The number of anilines is 1. The zero-order chi connectivity index (χ0) is 24.0. The van der Waals surface area contributed by atoms with E-state index in [2.05, 4.69) is 5.10 Å². The second kappa shape index (κ2) is 8.47. The number of hydrogen-bond acceptors (Lipinski definition) is 3. The first-order chi connectivity index (χ1) is 16.4. The van der Waals surface area contributed by atoms with Crippen molar-refractivity contribution in [3.8, 4) is 5.69 Å². The molecule has 0 N–H and O–H groups in total. The fourth-order valence-electron chi connectivity index (χ4n) is 4.39. The molecule has 7 heteroatoms. The molecular formula is C27H23ClN4O2. The highest BCUT2D eigenvalue weighted by molar-refractivity contribution is 6.32. The minimum Gasteiger partial charge on any atom is -0.339 e. The Balaban J connectivity index is 1.87. The Morgan fingerprint density at radius 3 is 2.41 bits per heavy atom. The van der Waals surface area contributed by atoms with Gasteiger partial charge in [0.1, 0.15) is 5.52 Å². The molecule has 0 radical (unpaired) electrons. The number of amides is 1. The summed E-state index contributed by atoms with van der Waals surface area (Å²) in [5, 5.41) is 6.49. The number of nitrogens with zero attached hydrogens (tertiary/aromatic N) is 4. The lowest BCUT2D eigenvalue weighted by atomic mass is 10.1. The van der Waals surface area contributed by atoms with E-state index in [1.807, 2.05) is 81.6 Å². The minimum absolute atomic E-state index is 0.216. The Bertz CT molecular complexity index is 1600. The van der Waals surface area contributed by atoms with Gasteiger partial charge in [0, 0.05) is 35.1 Å². The molecule has 1 amide bonds. The van der Waals surface area contributed by atoms with Gasteiger partial charge in [0.25, 0.3) is 11.5 Å². The molecule has 6 nitrogen and oxygen atoms in total. The van der Waals surface area contributed by atoms with E-state index in [1.54, 1.807) is 21.6 Å². The summed E-state index contributed by atoms with van der Waals surface area (Å²) < 4.78 is 3.11. The number of halogens is 1. The van der Waals surface area contributed by atoms with Gasteiger partial charge in [-0.15, -0.1) is 0 Å². The molecular weight excluding hydrogens is 448 g/mol. The molecule has 5 aromatic rings. The molecule has 0 aliphatic carbocycles. The molecule has 34 heavy (non-hydrogen) atoms. The van der Waals surface area contributed by atoms with Crippen molar-refractivity contribution in [1.82, 2.24) is 14.3 Å². The molecule has 0 fully saturated rings. The molecule has 0 aliphatic heterocycles. The van der Waals surface area contributed by atoms with E-state index in [0.29, 0.717) is 28.2 Å².